The highest BCUT2D eigenvalue weighted by Gasteiger charge is 2.12. The van der Waals surface area contributed by atoms with E-state index in [9.17, 15) is 0 Å². The summed E-state index contributed by atoms with van der Waals surface area (Å²) in [4.78, 5) is 8.74. The van der Waals surface area contributed by atoms with E-state index in [1.54, 1.807) is 12.1 Å². The van der Waals surface area contributed by atoms with E-state index in [2.05, 4.69) is 25.9 Å². The van der Waals surface area contributed by atoms with Crippen LogP contribution in [0.25, 0.3) is 0 Å². The molecule has 2 aromatic rings. The number of halogens is 3. The third-order valence-corrected chi connectivity index (χ3v) is 4.30. The Morgan fingerprint density at radius 3 is 2.42 bits per heavy atom. The third-order valence-electron chi connectivity index (χ3n) is 2.72. The largest absolute Gasteiger partial charge is 0.383 e. The number of anilines is 1. The lowest BCUT2D eigenvalue weighted by Gasteiger charge is -2.09. The van der Waals surface area contributed by atoms with Crippen molar-refractivity contribution in [2.24, 2.45) is 0 Å². The van der Waals surface area contributed by atoms with E-state index in [0.29, 0.717) is 28.1 Å². The number of benzene rings is 1. The number of aromatic nitrogens is 2. The van der Waals surface area contributed by atoms with Crippen molar-refractivity contribution < 1.29 is 0 Å². The number of nitrogens with two attached hydrogens (primary N) is 1. The van der Waals surface area contributed by atoms with Crippen molar-refractivity contribution in [2.75, 3.05) is 5.73 Å². The molecule has 100 valence electrons. The maximum Gasteiger partial charge on any atom is 0.141 e. The van der Waals surface area contributed by atoms with Gasteiger partial charge in [-0.3, -0.25) is 0 Å². The Hall–Kier alpha value is -0.840. The fourth-order valence-corrected chi connectivity index (χ4v) is 2.73. The maximum absolute atomic E-state index is 6.14. The van der Waals surface area contributed by atoms with Crippen molar-refractivity contribution in [1.82, 2.24) is 9.97 Å². The van der Waals surface area contributed by atoms with Crippen molar-refractivity contribution in [3.63, 3.8) is 0 Å². The molecular weight excluding hydrogens is 349 g/mol. The molecule has 0 spiro atoms. The van der Waals surface area contributed by atoms with Crippen LogP contribution < -0.4 is 5.73 Å². The average Bonchev–Trinajstić information content (AvgIpc) is 2.38. The van der Waals surface area contributed by atoms with Crippen LogP contribution in [0, 0.1) is 0 Å². The predicted octanol–water partition coefficient (Wildman–Crippen LogP) is 4.28. The van der Waals surface area contributed by atoms with Gasteiger partial charge in [-0.1, -0.05) is 36.2 Å². The van der Waals surface area contributed by atoms with E-state index in [1.807, 2.05) is 13.0 Å². The van der Waals surface area contributed by atoms with E-state index >= 15 is 0 Å². The topological polar surface area (TPSA) is 51.8 Å². The van der Waals surface area contributed by atoms with Crippen molar-refractivity contribution >= 4 is 44.9 Å². The molecule has 0 fully saturated rings. The van der Waals surface area contributed by atoms with Crippen molar-refractivity contribution in [3.8, 4) is 0 Å². The number of nitrogens with zero attached hydrogens (tertiary/aromatic N) is 2. The first kappa shape index (κ1) is 14.6. The highest BCUT2D eigenvalue weighted by molar-refractivity contribution is 9.10. The van der Waals surface area contributed by atoms with Gasteiger partial charge in [0.15, 0.2) is 0 Å². The normalized spacial score (nSPS) is 10.7. The lowest BCUT2D eigenvalue weighted by atomic mass is 10.1. The quantitative estimate of drug-likeness (QED) is 0.888. The zero-order valence-corrected chi connectivity index (χ0v) is 13.3. The molecule has 0 saturated heterocycles. The van der Waals surface area contributed by atoms with Crippen LogP contribution in [0.2, 0.25) is 10.0 Å². The maximum atomic E-state index is 6.14. The average molecular weight is 361 g/mol. The Kier molecular flexibility index (Phi) is 4.66. The fraction of sp³-hybridized carbons (Fsp3) is 0.231. The number of hydrogen-bond acceptors (Lipinski definition) is 3. The van der Waals surface area contributed by atoms with Gasteiger partial charge in [-0.25, -0.2) is 9.97 Å². The number of nitrogen functional groups attached to an aromatic ring is 1. The summed E-state index contributed by atoms with van der Waals surface area (Å²) < 4.78 is 0.754. The highest BCUT2D eigenvalue weighted by atomic mass is 79.9. The van der Waals surface area contributed by atoms with Crippen LogP contribution in [0.3, 0.4) is 0 Å². The zero-order valence-electron chi connectivity index (χ0n) is 10.3. The van der Waals surface area contributed by atoms with Gasteiger partial charge >= 0.3 is 0 Å². The van der Waals surface area contributed by atoms with Gasteiger partial charge in [0.2, 0.25) is 0 Å². The van der Waals surface area contributed by atoms with Crippen LogP contribution >= 0.6 is 39.1 Å². The molecule has 0 radical (unpaired) electrons. The van der Waals surface area contributed by atoms with Crippen LogP contribution in [-0.2, 0) is 12.8 Å². The van der Waals surface area contributed by atoms with Crippen molar-refractivity contribution in [2.45, 2.75) is 19.8 Å². The Morgan fingerprint density at radius 1 is 1.21 bits per heavy atom. The first-order chi connectivity index (χ1) is 9.02. The molecule has 6 heteroatoms. The molecule has 1 aromatic heterocycles. The molecule has 0 amide bonds. The summed E-state index contributed by atoms with van der Waals surface area (Å²) in [5, 5.41) is 1.21. The molecule has 0 saturated carbocycles. The Labute approximate surface area is 130 Å². The Balaban J connectivity index is 2.41. The second-order valence-electron chi connectivity index (χ2n) is 4.02. The third kappa shape index (κ3) is 3.19. The van der Waals surface area contributed by atoms with Gasteiger partial charge in [-0.2, -0.15) is 0 Å². The van der Waals surface area contributed by atoms with Crippen LogP contribution in [0.1, 0.15) is 24.0 Å². The zero-order chi connectivity index (χ0) is 14.0. The molecule has 0 atom stereocenters. The molecule has 1 heterocycles. The molecule has 0 aliphatic heterocycles. The van der Waals surface area contributed by atoms with Gasteiger partial charge in [0.05, 0.1) is 10.2 Å². The van der Waals surface area contributed by atoms with E-state index in [1.165, 1.54) is 0 Å². The minimum Gasteiger partial charge on any atom is -0.383 e. The van der Waals surface area contributed by atoms with E-state index < -0.39 is 0 Å². The second kappa shape index (κ2) is 6.07. The monoisotopic (exact) mass is 359 g/mol. The van der Waals surface area contributed by atoms with Gasteiger partial charge in [-0.05, 0) is 40.0 Å². The molecule has 0 aliphatic rings. The predicted molar refractivity (Wildman–Crippen MR) is 82.8 cm³/mol. The number of hydrogen-bond donors (Lipinski definition) is 1. The molecule has 0 aliphatic carbocycles. The Morgan fingerprint density at radius 2 is 1.84 bits per heavy atom. The lowest BCUT2D eigenvalue weighted by Crippen LogP contribution is -2.06. The van der Waals surface area contributed by atoms with E-state index in [0.717, 1.165) is 22.2 Å². The molecule has 1 aromatic carbocycles. The summed E-state index contributed by atoms with van der Waals surface area (Å²) in [5.74, 6) is 1.05. The van der Waals surface area contributed by atoms with Crippen molar-refractivity contribution in [1.29, 1.82) is 0 Å². The molecule has 19 heavy (non-hydrogen) atoms. The molecular formula is C13H12BrCl2N3. The SMILES string of the molecule is CCc1nc(Cc2c(Cl)cccc2Cl)nc(N)c1Br. The van der Waals surface area contributed by atoms with Gasteiger partial charge in [0.1, 0.15) is 11.6 Å². The fourth-order valence-electron chi connectivity index (χ4n) is 1.74. The summed E-state index contributed by atoms with van der Waals surface area (Å²) in [6.07, 6.45) is 1.24. The smallest absolute Gasteiger partial charge is 0.141 e. The standard InChI is InChI=1S/C13H12BrCl2N3/c1-2-10-12(14)13(17)19-11(18-10)6-7-8(15)4-3-5-9(7)16/h3-5H,2,6H2,1H3,(H2,17,18,19). The lowest BCUT2D eigenvalue weighted by molar-refractivity contribution is 0.902. The molecule has 0 unspecified atom stereocenters. The van der Waals surface area contributed by atoms with Crippen LogP contribution in [-0.4, -0.2) is 9.97 Å². The number of aryl methyl sites for hydroxylation is 1. The molecule has 3 nitrogen and oxygen atoms in total. The molecule has 2 N–H and O–H groups in total. The van der Waals surface area contributed by atoms with Crippen LogP contribution in [0.15, 0.2) is 22.7 Å². The summed E-state index contributed by atoms with van der Waals surface area (Å²) in [6, 6.07) is 5.40. The second-order valence-corrected chi connectivity index (χ2v) is 5.62. The van der Waals surface area contributed by atoms with Gasteiger partial charge in [-0.15, -0.1) is 0 Å². The molecule has 0 bridgehead atoms. The summed E-state index contributed by atoms with van der Waals surface area (Å²) in [6.45, 7) is 2.01. The molecule has 2 rings (SSSR count). The first-order valence-corrected chi connectivity index (χ1v) is 7.31. The minimum absolute atomic E-state index is 0.435. The van der Waals surface area contributed by atoms with Crippen molar-refractivity contribution in [3.05, 3.63) is 49.8 Å². The summed E-state index contributed by atoms with van der Waals surface area (Å²) >= 11 is 15.7. The Bertz CT molecular complexity index is 597. The minimum atomic E-state index is 0.435. The van der Waals surface area contributed by atoms with Crippen LogP contribution in [0.5, 0.6) is 0 Å². The number of rotatable bonds is 3. The van der Waals surface area contributed by atoms with E-state index in [-0.39, 0.29) is 0 Å². The summed E-state index contributed by atoms with van der Waals surface area (Å²) in [5.41, 5.74) is 7.56. The highest BCUT2D eigenvalue weighted by Crippen LogP contribution is 2.27. The van der Waals surface area contributed by atoms with Gasteiger partial charge < -0.3 is 5.73 Å². The van der Waals surface area contributed by atoms with E-state index in [4.69, 9.17) is 28.9 Å². The first-order valence-electron chi connectivity index (χ1n) is 5.76. The van der Waals surface area contributed by atoms with Gasteiger partial charge in [0, 0.05) is 16.5 Å². The van der Waals surface area contributed by atoms with Crippen LogP contribution in [0.4, 0.5) is 5.82 Å². The summed E-state index contributed by atoms with van der Waals surface area (Å²) in [7, 11) is 0. The van der Waals surface area contributed by atoms with Gasteiger partial charge in [0.25, 0.3) is 0 Å².